The van der Waals surface area contributed by atoms with Crippen LogP contribution in [0.3, 0.4) is 0 Å². The van der Waals surface area contributed by atoms with Crippen molar-refractivity contribution in [1.29, 1.82) is 0 Å². The highest BCUT2D eigenvalue weighted by molar-refractivity contribution is 7.91. The van der Waals surface area contributed by atoms with Gasteiger partial charge in [0, 0.05) is 37.4 Å². The van der Waals surface area contributed by atoms with Crippen molar-refractivity contribution in [3.05, 3.63) is 65.0 Å². The molecule has 15 heteroatoms. The van der Waals surface area contributed by atoms with Gasteiger partial charge in [0.25, 0.3) is 0 Å². The normalized spacial score (nSPS) is 18.2. The minimum Gasteiger partial charge on any atom is -0.494 e. The van der Waals surface area contributed by atoms with Crippen molar-refractivity contribution >= 4 is 27.2 Å². The number of hydrogen-bond acceptors (Lipinski definition) is 6. The van der Waals surface area contributed by atoms with Crippen LogP contribution in [-0.2, 0) is 25.0 Å². The average molecular weight is 608 g/mol. The molecule has 8 nitrogen and oxygen atoms in total. The molecular formula is C26H27F6N3O5S. The molecule has 1 aliphatic heterocycles. The van der Waals surface area contributed by atoms with Crippen molar-refractivity contribution in [2.24, 2.45) is 0 Å². The molecule has 0 spiro atoms. The van der Waals surface area contributed by atoms with Gasteiger partial charge in [-0.3, -0.25) is 14.6 Å². The Morgan fingerprint density at radius 3 is 2.29 bits per heavy atom. The summed E-state index contributed by atoms with van der Waals surface area (Å²) in [6.07, 6.45) is -9.40. The van der Waals surface area contributed by atoms with Gasteiger partial charge in [-0.1, -0.05) is 18.2 Å². The summed E-state index contributed by atoms with van der Waals surface area (Å²) >= 11 is 0. The van der Waals surface area contributed by atoms with E-state index in [9.17, 15) is 44.3 Å². The van der Waals surface area contributed by atoms with Gasteiger partial charge in [-0.2, -0.15) is 26.3 Å². The van der Waals surface area contributed by atoms with Crippen LogP contribution in [0.5, 0.6) is 5.75 Å². The molecule has 0 bridgehead atoms. The van der Waals surface area contributed by atoms with Crippen LogP contribution in [-0.4, -0.2) is 62.7 Å². The quantitative estimate of drug-likeness (QED) is 0.312. The molecule has 0 unspecified atom stereocenters. The lowest BCUT2D eigenvalue weighted by molar-refractivity contribution is -0.201. The molecular weight excluding hydrogens is 580 g/mol. The minimum atomic E-state index is -5.03. The number of alkyl halides is 6. The van der Waals surface area contributed by atoms with E-state index in [1.807, 2.05) is 5.32 Å². The number of nitrogens with zero attached hydrogens (tertiary/aromatic N) is 1. The zero-order valence-corrected chi connectivity index (χ0v) is 22.8. The van der Waals surface area contributed by atoms with Gasteiger partial charge in [0.1, 0.15) is 11.5 Å². The fourth-order valence-corrected chi connectivity index (χ4v) is 4.76. The Balaban J connectivity index is 1.97. The lowest BCUT2D eigenvalue weighted by Gasteiger charge is -2.41. The van der Waals surface area contributed by atoms with E-state index in [1.165, 1.54) is 12.3 Å². The summed E-state index contributed by atoms with van der Waals surface area (Å²) in [4.78, 5) is 29.5. The minimum absolute atomic E-state index is 0.0422. The van der Waals surface area contributed by atoms with Crippen LogP contribution in [0.15, 0.2) is 48.2 Å². The van der Waals surface area contributed by atoms with Crippen molar-refractivity contribution in [1.82, 2.24) is 15.6 Å². The summed E-state index contributed by atoms with van der Waals surface area (Å²) in [5, 5.41) is 4.29. The van der Waals surface area contributed by atoms with Crippen LogP contribution in [0.1, 0.15) is 36.1 Å². The molecule has 2 amide bonds. The van der Waals surface area contributed by atoms with Crippen molar-refractivity contribution < 1.29 is 49.1 Å². The fourth-order valence-electron chi connectivity index (χ4n) is 4.18. The Labute approximate surface area is 232 Å². The van der Waals surface area contributed by atoms with Crippen LogP contribution < -0.4 is 15.4 Å². The van der Waals surface area contributed by atoms with Gasteiger partial charge >= 0.3 is 12.4 Å². The number of hydrogen-bond donors (Lipinski definition) is 2. The standard InChI is InChI=1S/C26H27F6N3O5S/c1-16-4-9-21(33-13-16)19-12-24(26(30,31)32,35-23(37)20(19)14-34-22(36)15-41(2,38)39)17-5-7-18(8-6-17)40-11-3-10-25(27,28)29/h4-9,13H,3,10-12,14-15H2,1-2H3,(H,34,36)(H,35,37)/t24-/m0/s1. The molecule has 0 fully saturated rings. The second-order valence-electron chi connectivity index (χ2n) is 9.65. The molecule has 1 aromatic carbocycles. The van der Waals surface area contributed by atoms with Gasteiger partial charge in [0.05, 0.1) is 12.3 Å². The SMILES string of the molecule is Cc1ccc(C2=C(CNC(=O)CS(C)(=O)=O)C(=O)N[C@@](c3ccc(OCCCC(F)(F)F)cc3)(C(F)(F)F)C2)nc1. The summed E-state index contributed by atoms with van der Waals surface area (Å²) in [5.41, 5.74) is -2.89. The Kier molecular flexibility index (Phi) is 9.40. The number of halogens is 6. The Bertz CT molecular complexity index is 1410. The third-order valence-electron chi connectivity index (χ3n) is 6.19. The number of carbonyl (C=O) groups excluding carboxylic acids is 2. The third kappa shape index (κ3) is 8.44. The zero-order chi connectivity index (χ0) is 30.6. The Hall–Kier alpha value is -3.62. The second kappa shape index (κ2) is 12.1. The number of aryl methyl sites for hydroxylation is 1. The first-order chi connectivity index (χ1) is 18.9. The van der Waals surface area contributed by atoms with Gasteiger partial charge in [-0.15, -0.1) is 0 Å². The van der Waals surface area contributed by atoms with E-state index in [-0.39, 0.29) is 41.2 Å². The summed E-state index contributed by atoms with van der Waals surface area (Å²) in [6, 6.07) is 7.47. The predicted octanol–water partition coefficient (Wildman–Crippen LogP) is 4.00. The Morgan fingerprint density at radius 1 is 1.10 bits per heavy atom. The molecule has 2 N–H and O–H groups in total. The van der Waals surface area contributed by atoms with E-state index < -0.39 is 64.7 Å². The van der Waals surface area contributed by atoms with Gasteiger partial charge in [0.15, 0.2) is 15.4 Å². The molecule has 0 saturated carbocycles. The van der Waals surface area contributed by atoms with E-state index in [0.29, 0.717) is 5.56 Å². The van der Waals surface area contributed by atoms with Crippen LogP contribution in [0.2, 0.25) is 0 Å². The largest absolute Gasteiger partial charge is 0.494 e. The number of nitrogens with one attached hydrogen (secondary N) is 2. The van der Waals surface area contributed by atoms with E-state index >= 15 is 0 Å². The number of aromatic nitrogens is 1. The predicted molar refractivity (Wildman–Crippen MR) is 136 cm³/mol. The topological polar surface area (TPSA) is 114 Å². The lowest BCUT2D eigenvalue weighted by atomic mass is 9.77. The lowest BCUT2D eigenvalue weighted by Crippen LogP contribution is -2.59. The number of rotatable bonds is 10. The maximum absolute atomic E-state index is 14.8. The molecule has 0 aliphatic carbocycles. The summed E-state index contributed by atoms with van der Waals surface area (Å²) < 4.78 is 109. The van der Waals surface area contributed by atoms with E-state index in [1.54, 1.807) is 13.0 Å². The Morgan fingerprint density at radius 2 is 1.76 bits per heavy atom. The maximum atomic E-state index is 14.8. The fraction of sp³-hybridized carbons (Fsp3) is 0.423. The number of carbonyl (C=O) groups is 2. The first-order valence-corrected chi connectivity index (χ1v) is 14.2. The molecule has 1 atom stereocenters. The molecule has 1 aromatic heterocycles. The molecule has 3 rings (SSSR count). The number of amides is 2. The van der Waals surface area contributed by atoms with Crippen molar-refractivity contribution in [2.45, 2.75) is 44.1 Å². The van der Waals surface area contributed by atoms with Crippen LogP contribution >= 0.6 is 0 Å². The third-order valence-corrected chi connectivity index (χ3v) is 6.97. The number of ether oxygens (including phenoxy) is 1. The first-order valence-electron chi connectivity index (χ1n) is 12.2. The number of benzene rings is 1. The zero-order valence-electron chi connectivity index (χ0n) is 21.9. The van der Waals surface area contributed by atoms with Crippen molar-refractivity contribution in [3.8, 4) is 5.75 Å². The summed E-state index contributed by atoms with van der Waals surface area (Å²) in [7, 11) is -3.70. The van der Waals surface area contributed by atoms with Gasteiger partial charge in [-0.05, 0) is 48.2 Å². The van der Waals surface area contributed by atoms with Crippen molar-refractivity contribution in [3.63, 3.8) is 0 Å². The molecule has 1 aliphatic rings. The van der Waals surface area contributed by atoms with Crippen LogP contribution in [0.25, 0.3) is 5.57 Å². The van der Waals surface area contributed by atoms with Gasteiger partial charge < -0.3 is 15.4 Å². The second-order valence-corrected chi connectivity index (χ2v) is 11.8. The monoisotopic (exact) mass is 607 g/mol. The smallest absolute Gasteiger partial charge is 0.416 e. The van der Waals surface area contributed by atoms with Crippen molar-refractivity contribution in [2.75, 3.05) is 25.2 Å². The number of sulfone groups is 1. The number of pyridine rings is 1. The molecule has 41 heavy (non-hydrogen) atoms. The molecule has 0 radical (unpaired) electrons. The average Bonchev–Trinajstić information content (AvgIpc) is 2.84. The highest BCUT2D eigenvalue weighted by Crippen LogP contribution is 2.48. The van der Waals surface area contributed by atoms with E-state index in [2.05, 4.69) is 10.3 Å². The molecule has 0 saturated heterocycles. The molecule has 224 valence electrons. The molecule has 2 aromatic rings. The molecule has 2 heterocycles. The van der Waals surface area contributed by atoms with Crippen LogP contribution in [0, 0.1) is 6.92 Å². The van der Waals surface area contributed by atoms with E-state index in [4.69, 9.17) is 4.74 Å². The van der Waals surface area contributed by atoms with Gasteiger partial charge in [0.2, 0.25) is 11.8 Å². The summed E-state index contributed by atoms with van der Waals surface area (Å²) in [5.74, 6) is -2.93. The highest BCUT2D eigenvalue weighted by Gasteiger charge is 2.59. The van der Waals surface area contributed by atoms with E-state index in [0.717, 1.165) is 30.5 Å². The highest BCUT2D eigenvalue weighted by atomic mass is 32.2. The first kappa shape index (κ1) is 31.9. The maximum Gasteiger partial charge on any atom is 0.416 e. The van der Waals surface area contributed by atoms with Gasteiger partial charge in [-0.25, -0.2) is 8.42 Å². The van der Waals surface area contributed by atoms with Crippen LogP contribution in [0.4, 0.5) is 26.3 Å². The summed E-state index contributed by atoms with van der Waals surface area (Å²) in [6.45, 7) is 0.849.